The van der Waals surface area contributed by atoms with Crippen LogP contribution in [0.5, 0.6) is 5.75 Å². The first-order valence-electron chi connectivity index (χ1n) is 9.21. The van der Waals surface area contributed by atoms with Crippen LogP contribution < -0.4 is 10.1 Å². The average molecular weight is 407 g/mol. The monoisotopic (exact) mass is 407 g/mol. The maximum Gasteiger partial charge on any atom is 0.490 e. The number of benzene rings is 2. The summed E-state index contributed by atoms with van der Waals surface area (Å²) in [7, 11) is 0. The van der Waals surface area contributed by atoms with E-state index in [1.165, 1.54) is 0 Å². The average Bonchev–Trinajstić information content (AvgIpc) is 3.03. The largest absolute Gasteiger partial charge is 0.490 e. The Kier molecular flexibility index (Phi) is 5.00. The first-order chi connectivity index (χ1) is 13.8. The van der Waals surface area contributed by atoms with E-state index in [9.17, 15) is 18.0 Å². The molecular weight excluding hydrogens is 387 g/mol. The third kappa shape index (κ3) is 3.82. The van der Waals surface area contributed by atoms with E-state index in [1.807, 2.05) is 36.4 Å². The molecule has 2 heterocycles. The minimum atomic E-state index is -5.06. The Morgan fingerprint density at radius 3 is 2.69 bits per heavy atom. The lowest BCUT2D eigenvalue weighted by molar-refractivity contribution is -0.207. The smallest absolute Gasteiger partial charge is 0.489 e. The molecule has 0 radical (unpaired) electrons. The van der Waals surface area contributed by atoms with Crippen molar-refractivity contribution in [2.45, 2.75) is 44.1 Å². The Balaban J connectivity index is 1.60. The van der Waals surface area contributed by atoms with Crippen LogP contribution >= 0.6 is 0 Å². The number of alkyl halides is 3. The Morgan fingerprint density at radius 1 is 1.21 bits per heavy atom. The molecule has 0 amide bonds. The number of fused-ring (bicyclic) bond motifs is 3. The van der Waals surface area contributed by atoms with Gasteiger partial charge in [0.15, 0.2) is 6.23 Å². The lowest BCUT2D eigenvalue weighted by atomic mass is 9.80. The maximum atomic E-state index is 12.7. The van der Waals surface area contributed by atoms with Crippen molar-refractivity contribution < 1.29 is 32.2 Å². The van der Waals surface area contributed by atoms with Crippen LogP contribution in [0.4, 0.5) is 13.2 Å². The van der Waals surface area contributed by atoms with E-state index in [0.717, 1.165) is 16.7 Å². The number of hydrogen-bond donors (Lipinski definition) is 1. The van der Waals surface area contributed by atoms with Crippen LogP contribution in [0.25, 0.3) is 0 Å². The van der Waals surface area contributed by atoms with Crippen molar-refractivity contribution in [3.63, 3.8) is 0 Å². The number of halogens is 3. The van der Waals surface area contributed by atoms with Crippen LogP contribution in [0.15, 0.2) is 48.5 Å². The molecule has 0 spiro atoms. The Bertz CT molecular complexity index is 903. The summed E-state index contributed by atoms with van der Waals surface area (Å²) in [5.74, 6) is -2.21. The van der Waals surface area contributed by atoms with Crippen molar-refractivity contribution in [3.8, 4) is 5.75 Å². The molecule has 0 bridgehead atoms. The van der Waals surface area contributed by atoms with Crippen molar-refractivity contribution in [2.75, 3.05) is 6.54 Å². The predicted octanol–water partition coefficient (Wildman–Crippen LogP) is 3.67. The molecule has 8 heteroatoms. The lowest BCUT2D eigenvalue weighted by Crippen LogP contribution is -2.43. The molecule has 2 aromatic rings. The van der Waals surface area contributed by atoms with E-state index in [2.05, 4.69) is 5.32 Å². The van der Waals surface area contributed by atoms with Crippen LogP contribution in [-0.4, -0.2) is 30.5 Å². The zero-order chi connectivity index (χ0) is 20.6. The summed E-state index contributed by atoms with van der Waals surface area (Å²) in [6.45, 7) is 2.67. The van der Waals surface area contributed by atoms with Gasteiger partial charge in [0.25, 0.3) is 0 Å². The van der Waals surface area contributed by atoms with Gasteiger partial charge < -0.3 is 14.2 Å². The molecule has 2 aliphatic rings. The topological polar surface area (TPSA) is 56.8 Å². The fourth-order valence-electron chi connectivity index (χ4n) is 3.91. The second kappa shape index (κ2) is 7.35. The van der Waals surface area contributed by atoms with E-state index in [0.29, 0.717) is 12.4 Å². The Hall–Kier alpha value is -2.58. The van der Waals surface area contributed by atoms with E-state index >= 15 is 0 Å². The summed E-state index contributed by atoms with van der Waals surface area (Å²) in [4.78, 5) is 11.4. The summed E-state index contributed by atoms with van der Waals surface area (Å²) in [6, 6.07) is 15.0. The highest BCUT2D eigenvalue weighted by molar-refractivity contribution is 5.76. The fourth-order valence-corrected chi connectivity index (χ4v) is 3.91. The normalized spacial score (nSPS) is 25.8. The number of esters is 1. The molecule has 3 unspecified atom stereocenters. The van der Waals surface area contributed by atoms with Crippen molar-refractivity contribution >= 4 is 5.97 Å². The second-order valence-corrected chi connectivity index (χ2v) is 7.38. The third-order valence-electron chi connectivity index (χ3n) is 5.37. The Morgan fingerprint density at radius 2 is 1.97 bits per heavy atom. The number of hydrogen-bond acceptors (Lipinski definition) is 5. The van der Waals surface area contributed by atoms with Gasteiger partial charge in [0, 0.05) is 12.1 Å². The third-order valence-corrected chi connectivity index (χ3v) is 5.37. The van der Waals surface area contributed by atoms with Crippen LogP contribution in [0.3, 0.4) is 0 Å². The summed E-state index contributed by atoms with van der Waals surface area (Å²) in [5, 5.41) is 2.85. The molecule has 1 fully saturated rings. The molecule has 1 saturated heterocycles. The van der Waals surface area contributed by atoms with Crippen LogP contribution in [-0.2, 0) is 27.5 Å². The van der Waals surface area contributed by atoms with Gasteiger partial charge in [-0.3, -0.25) is 5.32 Å². The molecule has 5 nitrogen and oxygen atoms in total. The molecule has 1 N–H and O–H groups in total. The number of nitrogens with one attached hydrogen (secondary N) is 1. The number of rotatable bonds is 4. The van der Waals surface area contributed by atoms with E-state index in [4.69, 9.17) is 14.2 Å². The van der Waals surface area contributed by atoms with Crippen molar-refractivity contribution in [2.24, 2.45) is 0 Å². The molecule has 2 aliphatic heterocycles. The fraction of sp³-hybridized carbons (Fsp3) is 0.381. The molecular formula is C21H20F3NO4. The molecule has 2 aromatic carbocycles. The van der Waals surface area contributed by atoms with Crippen LogP contribution in [0, 0.1) is 0 Å². The van der Waals surface area contributed by atoms with Crippen molar-refractivity contribution in [3.05, 3.63) is 65.2 Å². The van der Waals surface area contributed by atoms with Crippen LogP contribution in [0.2, 0.25) is 0 Å². The van der Waals surface area contributed by atoms with Gasteiger partial charge >= 0.3 is 12.1 Å². The number of ether oxygens (including phenoxy) is 3. The summed E-state index contributed by atoms with van der Waals surface area (Å²) in [6.07, 6.45) is -6.20. The highest BCUT2D eigenvalue weighted by Crippen LogP contribution is 2.47. The first-order valence-corrected chi connectivity index (χ1v) is 9.21. The SMILES string of the molecule is CC12CNC(OC(=O)C(F)(F)F)C1c1cccc(OCc3ccccc3)c1CO2. The quantitative estimate of drug-likeness (QED) is 0.784. The van der Waals surface area contributed by atoms with Gasteiger partial charge in [-0.15, -0.1) is 0 Å². The van der Waals surface area contributed by atoms with E-state index < -0.39 is 29.9 Å². The van der Waals surface area contributed by atoms with Gasteiger partial charge in [0.2, 0.25) is 0 Å². The molecule has 3 atom stereocenters. The molecule has 29 heavy (non-hydrogen) atoms. The number of carbonyl (C=O) groups excluding carboxylic acids is 1. The highest BCUT2D eigenvalue weighted by Gasteiger charge is 2.54. The maximum absolute atomic E-state index is 12.7. The molecule has 0 aromatic heterocycles. The van der Waals surface area contributed by atoms with Gasteiger partial charge in [-0.25, -0.2) is 4.79 Å². The first kappa shape index (κ1) is 19.7. The minimum absolute atomic E-state index is 0.259. The standard InChI is InChI=1S/C21H20F3NO4/c1-20-12-25-18(29-19(26)21(22,23)24)17(20)14-8-5-9-16(15(14)11-28-20)27-10-13-6-3-2-4-7-13/h2-9,17-18,25H,10-12H2,1H3. The molecule has 154 valence electrons. The van der Waals surface area contributed by atoms with E-state index in [1.54, 1.807) is 19.1 Å². The van der Waals surface area contributed by atoms with Gasteiger partial charge in [-0.05, 0) is 24.1 Å². The zero-order valence-corrected chi connectivity index (χ0v) is 15.7. The molecule has 0 saturated carbocycles. The van der Waals surface area contributed by atoms with E-state index in [-0.39, 0.29) is 13.2 Å². The highest BCUT2D eigenvalue weighted by atomic mass is 19.4. The minimum Gasteiger partial charge on any atom is -0.489 e. The van der Waals surface area contributed by atoms with Gasteiger partial charge in [0.05, 0.1) is 18.1 Å². The summed E-state index contributed by atoms with van der Waals surface area (Å²) in [5.41, 5.74) is 1.71. The predicted molar refractivity (Wildman–Crippen MR) is 97.1 cm³/mol. The van der Waals surface area contributed by atoms with Crippen molar-refractivity contribution in [1.82, 2.24) is 5.32 Å². The summed E-state index contributed by atoms with van der Waals surface area (Å²) < 4.78 is 54.8. The van der Waals surface area contributed by atoms with Gasteiger partial charge in [-0.1, -0.05) is 42.5 Å². The van der Waals surface area contributed by atoms with Gasteiger partial charge in [0.1, 0.15) is 12.4 Å². The molecule has 0 aliphatic carbocycles. The number of carbonyl (C=O) groups is 1. The molecule has 4 rings (SSSR count). The summed E-state index contributed by atoms with van der Waals surface area (Å²) >= 11 is 0. The Labute approximate surface area is 165 Å². The second-order valence-electron chi connectivity index (χ2n) is 7.38. The van der Waals surface area contributed by atoms with Crippen LogP contribution in [0.1, 0.15) is 29.5 Å². The van der Waals surface area contributed by atoms with Gasteiger partial charge in [-0.2, -0.15) is 13.2 Å². The van der Waals surface area contributed by atoms with Crippen molar-refractivity contribution in [1.29, 1.82) is 0 Å². The zero-order valence-electron chi connectivity index (χ0n) is 15.7. The lowest BCUT2D eigenvalue weighted by Gasteiger charge is -2.38.